The molecule has 5 heteroatoms. The van der Waals surface area contributed by atoms with Crippen LogP contribution in [-0.2, 0) is 4.84 Å². The minimum Gasteiger partial charge on any atom is -0.399 e. The molecule has 1 N–H and O–H groups in total. The molecule has 2 unspecified atom stereocenters. The van der Waals surface area contributed by atoms with E-state index in [1.165, 1.54) is 7.11 Å². The Hall–Kier alpha value is -1.88. The van der Waals surface area contributed by atoms with Crippen LogP contribution in [0.3, 0.4) is 0 Å². The Bertz CT molecular complexity index is 482. The number of aliphatic hydroxyl groups is 1. The van der Waals surface area contributed by atoms with E-state index in [1.807, 2.05) is 12.1 Å². The molecule has 2 atom stereocenters. The predicted molar refractivity (Wildman–Crippen MR) is 76.7 cm³/mol. The summed E-state index contributed by atoms with van der Waals surface area (Å²) in [6.07, 6.45) is 2.09. The summed E-state index contributed by atoms with van der Waals surface area (Å²) in [5.74, 6) is 0.204. The summed E-state index contributed by atoms with van der Waals surface area (Å²) >= 11 is 0. The highest BCUT2D eigenvalue weighted by atomic mass is 16.6. The highest BCUT2D eigenvalue weighted by Gasteiger charge is 2.29. The van der Waals surface area contributed by atoms with Crippen LogP contribution in [0.5, 0.6) is 0 Å². The van der Waals surface area contributed by atoms with E-state index in [0.29, 0.717) is 18.7 Å². The van der Waals surface area contributed by atoms with Crippen molar-refractivity contribution in [3.05, 3.63) is 35.4 Å². The molecule has 1 heterocycles. The summed E-state index contributed by atoms with van der Waals surface area (Å²) in [7, 11) is 1.49. The Labute approximate surface area is 118 Å². The Kier molecular flexibility index (Phi) is 4.74. The summed E-state index contributed by atoms with van der Waals surface area (Å²) in [5.41, 5.74) is 1.54. The second-order valence-electron chi connectivity index (χ2n) is 5.08. The smallest absolute Gasteiger partial charge is 0.253 e. The Morgan fingerprint density at radius 3 is 2.75 bits per heavy atom. The molecule has 1 saturated heterocycles. The summed E-state index contributed by atoms with van der Waals surface area (Å²) < 4.78 is 0. The van der Waals surface area contributed by atoms with E-state index in [9.17, 15) is 9.90 Å². The van der Waals surface area contributed by atoms with Gasteiger partial charge in [0.05, 0.1) is 12.3 Å². The molecule has 0 aliphatic carbocycles. The Morgan fingerprint density at radius 2 is 2.20 bits per heavy atom. The van der Waals surface area contributed by atoms with Gasteiger partial charge in [0.2, 0.25) is 0 Å². The van der Waals surface area contributed by atoms with E-state index in [1.54, 1.807) is 30.2 Å². The van der Waals surface area contributed by atoms with Crippen molar-refractivity contribution in [2.75, 3.05) is 20.2 Å². The van der Waals surface area contributed by atoms with Gasteiger partial charge in [0.25, 0.3) is 5.91 Å². The molecule has 0 bridgehead atoms. The van der Waals surface area contributed by atoms with Crippen LogP contribution in [0.2, 0.25) is 0 Å². The van der Waals surface area contributed by atoms with Crippen molar-refractivity contribution in [1.29, 1.82) is 0 Å². The quantitative estimate of drug-likeness (QED) is 0.670. The van der Waals surface area contributed by atoms with Gasteiger partial charge in [0.1, 0.15) is 7.11 Å². The normalized spacial score (nSPS) is 20.4. The number of hydrogen-bond donors (Lipinski definition) is 1. The van der Waals surface area contributed by atoms with Crippen LogP contribution >= 0.6 is 0 Å². The molecule has 5 nitrogen and oxygen atoms in total. The second-order valence-corrected chi connectivity index (χ2v) is 5.08. The molecular formula is C15H20N2O3. The number of oxime groups is 1. The molecule has 1 aromatic rings. The molecule has 1 aliphatic heterocycles. The minimum absolute atomic E-state index is 0.0170. The van der Waals surface area contributed by atoms with Crippen molar-refractivity contribution in [3.63, 3.8) is 0 Å². The number of nitrogens with zero attached hydrogens (tertiary/aromatic N) is 2. The van der Waals surface area contributed by atoms with Crippen molar-refractivity contribution < 1.29 is 14.7 Å². The average Bonchev–Trinajstić information content (AvgIpc) is 2.95. The lowest BCUT2D eigenvalue weighted by Gasteiger charge is -2.17. The average molecular weight is 276 g/mol. The topological polar surface area (TPSA) is 62.1 Å². The van der Waals surface area contributed by atoms with Crippen LogP contribution < -0.4 is 0 Å². The van der Waals surface area contributed by atoms with Gasteiger partial charge in [-0.15, -0.1) is 0 Å². The van der Waals surface area contributed by atoms with E-state index < -0.39 is 0 Å². The predicted octanol–water partition coefficient (Wildman–Crippen LogP) is 1.51. The first-order valence-corrected chi connectivity index (χ1v) is 6.75. The highest BCUT2D eigenvalue weighted by Crippen LogP contribution is 2.21. The summed E-state index contributed by atoms with van der Waals surface area (Å²) in [5, 5.41) is 13.3. The van der Waals surface area contributed by atoms with Gasteiger partial charge < -0.3 is 14.8 Å². The van der Waals surface area contributed by atoms with Crippen LogP contribution in [0.15, 0.2) is 29.4 Å². The minimum atomic E-state index is -0.361. The molecule has 2 rings (SSSR count). The summed E-state index contributed by atoms with van der Waals surface area (Å²) in [6, 6.07) is 7.24. The third kappa shape index (κ3) is 3.36. The molecular weight excluding hydrogens is 256 g/mol. The third-order valence-electron chi connectivity index (χ3n) is 3.66. The Balaban J connectivity index is 2.01. The van der Waals surface area contributed by atoms with Gasteiger partial charge in [-0.25, -0.2) is 0 Å². The van der Waals surface area contributed by atoms with Gasteiger partial charge in [-0.05, 0) is 31.0 Å². The number of amides is 1. The molecule has 0 radical (unpaired) electrons. The molecule has 1 aliphatic rings. The molecule has 20 heavy (non-hydrogen) atoms. The fourth-order valence-electron chi connectivity index (χ4n) is 2.37. The molecule has 0 aromatic heterocycles. The standard InChI is InChI=1S/C15H20N2O3/c1-11(18)14-7-8-17(10-14)15(19)13-5-3-12(4-6-13)9-16-20-2/h3-6,9,11,14,18H,7-8,10H2,1-2H3/b16-9+. The maximum atomic E-state index is 12.3. The van der Waals surface area contributed by atoms with Gasteiger partial charge in [-0.3, -0.25) is 4.79 Å². The van der Waals surface area contributed by atoms with Crippen molar-refractivity contribution in [1.82, 2.24) is 4.90 Å². The van der Waals surface area contributed by atoms with Crippen LogP contribution in [0.25, 0.3) is 0 Å². The monoisotopic (exact) mass is 276 g/mol. The van der Waals surface area contributed by atoms with Crippen molar-refractivity contribution >= 4 is 12.1 Å². The summed E-state index contributed by atoms with van der Waals surface area (Å²) in [6.45, 7) is 3.12. The number of benzene rings is 1. The second kappa shape index (κ2) is 6.52. The maximum absolute atomic E-state index is 12.3. The number of aliphatic hydroxyl groups excluding tert-OH is 1. The SMILES string of the molecule is CO/N=C/c1ccc(C(=O)N2CCC(C(C)O)C2)cc1. The lowest BCUT2D eigenvalue weighted by molar-refractivity contribution is 0.0762. The zero-order chi connectivity index (χ0) is 14.5. The third-order valence-corrected chi connectivity index (χ3v) is 3.66. The van der Waals surface area contributed by atoms with Gasteiger partial charge in [0, 0.05) is 24.6 Å². The van der Waals surface area contributed by atoms with Crippen LogP contribution in [-0.4, -0.2) is 48.4 Å². The number of rotatable bonds is 4. The first-order valence-electron chi connectivity index (χ1n) is 6.75. The van der Waals surface area contributed by atoms with Gasteiger partial charge in [0.15, 0.2) is 0 Å². The van der Waals surface area contributed by atoms with Crippen molar-refractivity contribution in [2.45, 2.75) is 19.4 Å². The number of likely N-dealkylation sites (tertiary alicyclic amines) is 1. The lowest BCUT2D eigenvalue weighted by atomic mass is 10.0. The molecule has 0 spiro atoms. The van der Waals surface area contributed by atoms with E-state index in [0.717, 1.165) is 12.0 Å². The molecule has 1 fully saturated rings. The van der Waals surface area contributed by atoms with Gasteiger partial charge in [-0.1, -0.05) is 17.3 Å². The molecule has 1 amide bonds. The zero-order valence-corrected chi connectivity index (χ0v) is 11.8. The van der Waals surface area contributed by atoms with Gasteiger partial charge in [-0.2, -0.15) is 0 Å². The highest BCUT2D eigenvalue weighted by molar-refractivity contribution is 5.95. The molecule has 108 valence electrons. The van der Waals surface area contributed by atoms with E-state index in [4.69, 9.17) is 0 Å². The van der Waals surface area contributed by atoms with Crippen molar-refractivity contribution in [3.8, 4) is 0 Å². The largest absolute Gasteiger partial charge is 0.399 e. The molecule has 1 aromatic carbocycles. The van der Waals surface area contributed by atoms with E-state index in [2.05, 4.69) is 9.99 Å². The number of hydrogen-bond acceptors (Lipinski definition) is 4. The summed E-state index contributed by atoms with van der Waals surface area (Å²) in [4.78, 5) is 18.7. The van der Waals surface area contributed by atoms with Crippen LogP contribution in [0, 0.1) is 5.92 Å². The van der Waals surface area contributed by atoms with E-state index in [-0.39, 0.29) is 17.9 Å². The van der Waals surface area contributed by atoms with Crippen LogP contribution in [0.1, 0.15) is 29.3 Å². The zero-order valence-electron chi connectivity index (χ0n) is 11.8. The fourth-order valence-corrected chi connectivity index (χ4v) is 2.37. The fraction of sp³-hybridized carbons (Fsp3) is 0.467. The van der Waals surface area contributed by atoms with E-state index >= 15 is 0 Å². The number of carbonyl (C=O) groups excluding carboxylic acids is 1. The maximum Gasteiger partial charge on any atom is 0.253 e. The first kappa shape index (κ1) is 14.5. The Morgan fingerprint density at radius 1 is 1.50 bits per heavy atom. The van der Waals surface area contributed by atoms with Crippen LogP contribution in [0.4, 0.5) is 0 Å². The first-order chi connectivity index (χ1) is 9.61. The number of carbonyl (C=O) groups is 1. The van der Waals surface area contributed by atoms with Crippen molar-refractivity contribution in [2.24, 2.45) is 11.1 Å². The lowest BCUT2D eigenvalue weighted by Crippen LogP contribution is -2.30. The van der Waals surface area contributed by atoms with Gasteiger partial charge >= 0.3 is 0 Å². The molecule has 0 saturated carbocycles.